The van der Waals surface area contributed by atoms with Crippen LogP contribution in [0.25, 0.3) is 0 Å². The molecule has 1 N–H and O–H groups in total. The van der Waals surface area contributed by atoms with Gasteiger partial charge < -0.3 is 10.1 Å². The van der Waals surface area contributed by atoms with E-state index in [0.717, 1.165) is 13.0 Å². The zero-order valence-electron chi connectivity index (χ0n) is 7.96. The molecule has 2 atom stereocenters. The largest absolute Gasteiger partial charge is 0.462 e. The summed E-state index contributed by atoms with van der Waals surface area (Å²) in [5.41, 5.74) is 0. The van der Waals surface area contributed by atoms with Crippen LogP contribution in [-0.4, -0.2) is 24.7 Å². The van der Waals surface area contributed by atoms with Gasteiger partial charge in [-0.05, 0) is 32.7 Å². The minimum Gasteiger partial charge on any atom is -0.462 e. The number of nitrogens with one attached hydrogen (secondary N) is 1. The lowest BCUT2D eigenvalue weighted by Gasteiger charge is -2.16. The van der Waals surface area contributed by atoms with Crippen molar-refractivity contribution in [1.29, 1.82) is 0 Å². The highest BCUT2D eigenvalue weighted by atomic mass is 16.5. The monoisotopic (exact) mass is 171 g/mol. The van der Waals surface area contributed by atoms with Crippen molar-refractivity contribution in [3.8, 4) is 0 Å². The van der Waals surface area contributed by atoms with Gasteiger partial charge in [-0.2, -0.15) is 0 Å². The number of hydrogen-bond acceptors (Lipinski definition) is 3. The Kier molecular flexibility index (Phi) is 3.09. The topological polar surface area (TPSA) is 38.3 Å². The summed E-state index contributed by atoms with van der Waals surface area (Å²) < 4.78 is 5.10. The van der Waals surface area contributed by atoms with E-state index < -0.39 is 0 Å². The van der Waals surface area contributed by atoms with E-state index in [-0.39, 0.29) is 18.1 Å². The molecule has 1 saturated heterocycles. The van der Waals surface area contributed by atoms with E-state index in [4.69, 9.17) is 4.74 Å². The van der Waals surface area contributed by atoms with Gasteiger partial charge in [0, 0.05) is 0 Å². The Hall–Kier alpha value is -0.570. The Bertz CT molecular complexity index is 168. The van der Waals surface area contributed by atoms with Gasteiger partial charge in [0.05, 0.1) is 6.10 Å². The van der Waals surface area contributed by atoms with Gasteiger partial charge in [0.15, 0.2) is 0 Å². The second kappa shape index (κ2) is 3.90. The SMILES string of the molecule is CC(C)OC(=O)C1NCCC1C. The Morgan fingerprint density at radius 3 is 2.67 bits per heavy atom. The van der Waals surface area contributed by atoms with E-state index in [9.17, 15) is 4.79 Å². The van der Waals surface area contributed by atoms with Gasteiger partial charge in [0.25, 0.3) is 0 Å². The molecular weight excluding hydrogens is 154 g/mol. The second-order valence-electron chi connectivity index (χ2n) is 3.68. The average molecular weight is 171 g/mol. The van der Waals surface area contributed by atoms with Crippen LogP contribution in [0, 0.1) is 5.92 Å². The minimum atomic E-state index is -0.102. The summed E-state index contributed by atoms with van der Waals surface area (Å²) >= 11 is 0. The first-order chi connectivity index (χ1) is 5.61. The van der Waals surface area contributed by atoms with Crippen molar-refractivity contribution in [2.45, 2.75) is 39.3 Å². The highest BCUT2D eigenvalue weighted by Gasteiger charge is 2.30. The quantitative estimate of drug-likeness (QED) is 0.628. The highest BCUT2D eigenvalue weighted by Crippen LogP contribution is 2.15. The molecule has 0 spiro atoms. The van der Waals surface area contributed by atoms with Gasteiger partial charge in [0.2, 0.25) is 0 Å². The van der Waals surface area contributed by atoms with Crippen LogP contribution in [0.2, 0.25) is 0 Å². The summed E-state index contributed by atoms with van der Waals surface area (Å²) in [7, 11) is 0. The van der Waals surface area contributed by atoms with Crippen molar-refractivity contribution in [2.24, 2.45) is 5.92 Å². The van der Waals surface area contributed by atoms with Gasteiger partial charge in [-0.15, -0.1) is 0 Å². The maximum atomic E-state index is 11.4. The van der Waals surface area contributed by atoms with Crippen molar-refractivity contribution >= 4 is 5.97 Å². The van der Waals surface area contributed by atoms with Crippen molar-refractivity contribution in [1.82, 2.24) is 5.32 Å². The fourth-order valence-corrected chi connectivity index (χ4v) is 1.46. The fourth-order valence-electron chi connectivity index (χ4n) is 1.46. The normalized spacial score (nSPS) is 29.3. The molecule has 0 aromatic carbocycles. The fraction of sp³-hybridized carbons (Fsp3) is 0.889. The number of carbonyl (C=O) groups excluding carboxylic acids is 1. The Morgan fingerprint density at radius 1 is 1.58 bits per heavy atom. The van der Waals surface area contributed by atoms with Crippen LogP contribution in [0.5, 0.6) is 0 Å². The second-order valence-corrected chi connectivity index (χ2v) is 3.68. The molecule has 2 unspecified atom stereocenters. The van der Waals surface area contributed by atoms with Crippen LogP contribution >= 0.6 is 0 Å². The molecule has 0 aromatic rings. The lowest BCUT2D eigenvalue weighted by molar-refractivity contribution is -0.150. The predicted octanol–water partition coefficient (Wildman–Crippen LogP) is 0.936. The molecule has 0 radical (unpaired) electrons. The van der Waals surface area contributed by atoms with Crippen LogP contribution < -0.4 is 5.32 Å². The van der Waals surface area contributed by atoms with Crippen LogP contribution in [0.1, 0.15) is 27.2 Å². The van der Waals surface area contributed by atoms with E-state index in [1.54, 1.807) is 0 Å². The molecule has 0 aliphatic carbocycles. The molecule has 0 aromatic heterocycles. The van der Waals surface area contributed by atoms with Crippen LogP contribution in [-0.2, 0) is 9.53 Å². The predicted molar refractivity (Wildman–Crippen MR) is 46.8 cm³/mol. The maximum absolute atomic E-state index is 11.4. The van der Waals surface area contributed by atoms with Crippen LogP contribution in [0.15, 0.2) is 0 Å². The molecule has 70 valence electrons. The molecule has 0 bridgehead atoms. The third-order valence-electron chi connectivity index (χ3n) is 2.14. The first-order valence-corrected chi connectivity index (χ1v) is 4.55. The summed E-state index contributed by atoms with van der Waals surface area (Å²) in [6.45, 7) is 6.75. The lowest BCUT2D eigenvalue weighted by Crippen LogP contribution is -2.37. The highest BCUT2D eigenvalue weighted by molar-refractivity contribution is 5.76. The number of ether oxygens (including phenoxy) is 1. The molecule has 1 aliphatic rings. The summed E-state index contributed by atoms with van der Waals surface area (Å²) in [6.07, 6.45) is 1.06. The van der Waals surface area contributed by atoms with Gasteiger partial charge in [-0.25, -0.2) is 0 Å². The third-order valence-corrected chi connectivity index (χ3v) is 2.14. The van der Waals surface area contributed by atoms with Crippen molar-refractivity contribution in [3.63, 3.8) is 0 Å². The number of hydrogen-bond donors (Lipinski definition) is 1. The molecule has 3 nitrogen and oxygen atoms in total. The van der Waals surface area contributed by atoms with Gasteiger partial charge in [0.1, 0.15) is 6.04 Å². The zero-order valence-corrected chi connectivity index (χ0v) is 7.96. The summed E-state index contributed by atoms with van der Waals surface area (Å²) in [5.74, 6) is 0.311. The van der Waals surface area contributed by atoms with Crippen LogP contribution in [0.3, 0.4) is 0 Å². The van der Waals surface area contributed by atoms with Crippen molar-refractivity contribution < 1.29 is 9.53 Å². The minimum absolute atomic E-state index is 0.00731. The average Bonchev–Trinajstić information content (AvgIpc) is 2.33. The van der Waals surface area contributed by atoms with Crippen LogP contribution in [0.4, 0.5) is 0 Å². The summed E-state index contributed by atoms with van der Waals surface area (Å²) in [5, 5.41) is 3.14. The van der Waals surface area contributed by atoms with Crippen molar-refractivity contribution in [3.05, 3.63) is 0 Å². The van der Waals surface area contributed by atoms with E-state index >= 15 is 0 Å². The van der Waals surface area contributed by atoms with E-state index in [1.807, 2.05) is 13.8 Å². The standard InChI is InChI=1S/C9H17NO2/c1-6(2)12-9(11)8-7(3)4-5-10-8/h6-8,10H,4-5H2,1-3H3. The Balaban J connectivity index is 2.41. The molecule has 1 rings (SSSR count). The maximum Gasteiger partial charge on any atom is 0.323 e. The Morgan fingerprint density at radius 2 is 2.25 bits per heavy atom. The molecule has 1 heterocycles. The number of rotatable bonds is 2. The third kappa shape index (κ3) is 2.21. The van der Waals surface area contributed by atoms with Gasteiger partial charge in [-0.3, -0.25) is 4.79 Å². The molecule has 3 heteroatoms. The first-order valence-electron chi connectivity index (χ1n) is 4.55. The zero-order chi connectivity index (χ0) is 9.14. The molecule has 1 fully saturated rings. The molecular formula is C9H17NO2. The smallest absolute Gasteiger partial charge is 0.323 e. The molecule has 12 heavy (non-hydrogen) atoms. The Labute approximate surface area is 73.5 Å². The summed E-state index contributed by atoms with van der Waals surface area (Å²) in [4.78, 5) is 11.4. The first kappa shape index (κ1) is 9.52. The van der Waals surface area contributed by atoms with E-state index in [0.29, 0.717) is 5.92 Å². The lowest BCUT2D eigenvalue weighted by atomic mass is 10.0. The molecule has 0 amide bonds. The van der Waals surface area contributed by atoms with E-state index in [1.165, 1.54) is 0 Å². The number of carbonyl (C=O) groups is 1. The van der Waals surface area contributed by atoms with Crippen molar-refractivity contribution in [2.75, 3.05) is 6.54 Å². The summed E-state index contributed by atoms with van der Waals surface area (Å²) in [6, 6.07) is -0.0765. The van der Waals surface area contributed by atoms with Gasteiger partial charge >= 0.3 is 5.97 Å². The molecule has 1 aliphatic heterocycles. The van der Waals surface area contributed by atoms with E-state index in [2.05, 4.69) is 12.2 Å². The molecule has 0 saturated carbocycles. The van der Waals surface area contributed by atoms with Gasteiger partial charge in [-0.1, -0.05) is 6.92 Å². The number of esters is 1.